The number of carbonyl (C=O) groups is 1. The molecule has 2 aliphatic rings. The van der Waals surface area contributed by atoms with Crippen molar-refractivity contribution in [2.45, 2.75) is 37.4 Å². The van der Waals surface area contributed by atoms with Crippen molar-refractivity contribution in [2.24, 2.45) is 5.41 Å². The summed E-state index contributed by atoms with van der Waals surface area (Å²) >= 11 is 1.57. The molecule has 0 aromatic carbocycles. The van der Waals surface area contributed by atoms with E-state index in [1.165, 1.54) is 6.42 Å². The first-order chi connectivity index (χ1) is 13.2. The maximum absolute atomic E-state index is 12.5. The van der Waals surface area contributed by atoms with E-state index in [9.17, 15) is 4.79 Å². The highest BCUT2D eigenvalue weighted by molar-refractivity contribution is 7.98. The number of anilines is 1. The van der Waals surface area contributed by atoms with Gasteiger partial charge in [-0.1, -0.05) is 17.8 Å². The summed E-state index contributed by atoms with van der Waals surface area (Å²) in [7, 11) is 0. The number of pyridine rings is 1. The van der Waals surface area contributed by atoms with E-state index >= 15 is 0 Å². The molecule has 0 radical (unpaired) electrons. The molecule has 7 heteroatoms. The van der Waals surface area contributed by atoms with Crippen LogP contribution in [-0.2, 0) is 11.3 Å². The molecule has 1 amide bonds. The van der Waals surface area contributed by atoms with Gasteiger partial charge in [0.25, 0.3) is 0 Å². The van der Waals surface area contributed by atoms with Gasteiger partial charge in [0.1, 0.15) is 5.82 Å². The summed E-state index contributed by atoms with van der Waals surface area (Å²) in [6, 6.07) is 5.97. The molecule has 2 aliphatic heterocycles. The molecule has 0 bridgehead atoms. The van der Waals surface area contributed by atoms with E-state index in [1.54, 1.807) is 18.0 Å². The number of nitrogens with zero attached hydrogens (tertiary/aromatic N) is 5. The standard InChI is InChI=1S/C20H25N5OS/c1-27-19-22-10-6-17(23-19)24-11-3-7-20(14-24)8-5-18(26)25(15-20)13-16-4-2-9-21-12-16/h2,4,6,9-10,12H,3,5,7-8,11,13-15H2,1H3/t20-/m0/s1. The third-order valence-electron chi connectivity index (χ3n) is 5.63. The van der Waals surface area contributed by atoms with E-state index in [-0.39, 0.29) is 11.3 Å². The minimum Gasteiger partial charge on any atom is -0.356 e. The number of likely N-dealkylation sites (tertiary alicyclic amines) is 1. The quantitative estimate of drug-likeness (QED) is 0.597. The molecule has 4 heterocycles. The molecule has 0 N–H and O–H groups in total. The third kappa shape index (κ3) is 4.08. The summed E-state index contributed by atoms with van der Waals surface area (Å²) < 4.78 is 0. The monoisotopic (exact) mass is 383 g/mol. The Kier molecular flexibility index (Phi) is 5.29. The van der Waals surface area contributed by atoms with Gasteiger partial charge in [-0.25, -0.2) is 9.97 Å². The predicted molar refractivity (Wildman–Crippen MR) is 107 cm³/mol. The van der Waals surface area contributed by atoms with Gasteiger partial charge in [-0.2, -0.15) is 0 Å². The Morgan fingerprint density at radius 3 is 2.96 bits per heavy atom. The van der Waals surface area contributed by atoms with Crippen molar-refractivity contribution >= 4 is 23.5 Å². The van der Waals surface area contributed by atoms with E-state index in [4.69, 9.17) is 0 Å². The summed E-state index contributed by atoms with van der Waals surface area (Å²) in [5, 5.41) is 0.809. The Morgan fingerprint density at radius 2 is 2.15 bits per heavy atom. The number of rotatable bonds is 4. The van der Waals surface area contributed by atoms with Gasteiger partial charge < -0.3 is 9.80 Å². The highest BCUT2D eigenvalue weighted by Crippen LogP contribution is 2.40. The van der Waals surface area contributed by atoms with Crippen LogP contribution in [0.3, 0.4) is 0 Å². The molecule has 0 unspecified atom stereocenters. The molecule has 2 saturated heterocycles. The molecular weight excluding hydrogens is 358 g/mol. The molecule has 6 nitrogen and oxygen atoms in total. The molecule has 1 spiro atoms. The second-order valence-electron chi connectivity index (χ2n) is 7.54. The molecular formula is C20H25N5OS. The Morgan fingerprint density at radius 1 is 1.22 bits per heavy atom. The molecule has 1 atom stereocenters. The maximum Gasteiger partial charge on any atom is 0.222 e. The van der Waals surface area contributed by atoms with Crippen LogP contribution in [0, 0.1) is 5.41 Å². The summed E-state index contributed by atoms with van der Waals surface area (Å²) in [4.78, 5) is 30.1. The minimum absolute atomic E-state index is 0.152. The zero-order valence-corrected chi connectivity index (χ0v) is 16.5. The van der Waals surface area contributed by atoms with Crippen LogP contribution < -0.4 is 4.90 Å². The Bertz CT molecular complexity index is 802. The Balaban J connectivity index is 1.50. The lowest BCUT2D eigenvalue weighted by Gasteiger charge is -2.48. The SMILES string of the molecule is CSc1nccc(N2CCC[C@]3(CCC(=O)N(Cc4cccnc4)C3)C2)n1. The van der Waals surface area contributed by atoms with Gasteiger partial charge in [-0.05, 0) is 43.2 Å². The molecule has 2 aromatic rings. The lowest BCUT2D eigenvalue weighted by Crippen LogP contribution is -2.54. The second-order valence-corrected chi connectivity index (χ2v) is 8.31. The van der Waals surface area contributed by atoms with Gasteiger partial charge in [-0.15, -0.1) is 0 Å². The molecule has 0 saturated carbocycles. The maximum atomic E-state index is 12.5. The van der Waals surface area contributed by atoms with Crippen LogP contribution in [0.5, 0.6) is 0 Å². The molecule has 4 rings (SSSR count). The van der Waals surface area contributed by atoms with Crippen molar-refractivity contribution < 1.29 is 4.79 Å². The fraction of sp³-hybridized carbons (Fsp3) is 0.500. The first-order valence-electron chi connectivity index (χ1n) is 9.46. The number of carbonyl (C=O) groups excluding carboxylic acids is 1. The second kappa shape index (κ2) is 7.84. The topological polar surface area (TPSA) is 62.2 Å². The molecule has 0 aliphatic carbocycles. The van der Waals surface area contributed by atoms with Crippen LogP contribution in [0.25, 0.3) is 0 Å². The van der Waals surface area contributed by atoms with Crippen LogP contribution in [0.15, 0.2) is 41.9 Å². The van der Waals surface area contributed by atoms with Crippen LogP contribution in [-0.4, -0.2) is 51.6 Å². The van der Waals surface area contributed by atoms with Crippen LogP contribution in [0.1, 0.15) is 31.2 Å². The van der Waals surface area contributed by atoms with E-state index in [0.717, 1.165) is 49.0 Å². The van der Waals surface area contributed by atoms with E-state index < -0.39 is 0 Å². The Hall–Kier alpha value is -2.15. The highest BCUT2D eigenvalue weighted by atomic mass is 32.2. The van der Waals surface area contributed by atoms with Crippen LogP contribution in [0.4, 0.5) is 5.82 Å². The summed E-state index contributed by atoms with van der Waals surface area (Å²) in [5.74, 6) is 1.26. The lowest BCUT2D eigenvalue weighted by molar-refractivity contribution is -0.138. The number of aromatic nitrogens is 3. The first kappa shape index (κ1) is 18.2. The van der Waals surface area contributed by atoms with Crippen molar-refractivity contribution in [1.82, 2.24) is 19.9 Å². The number of hydrogen-bond acceptors (Lipinski definition) is 6. The molecule has 2 aromatic heterocycles. The number of hydrogen-bond donors (Lipinski definition) is 0. The lowest BCUT2D eigenvalue weighted by atomic mass is 9.73. The van der Waals surface area contributed by atoms with Crippen molar-refractivity contribution in [2.75, 3.05) is 30.8 Å². The minimum atomic E-state index is 0.152. The fourth-order valence-electron chi connectivity index (χ4n) is 4.30. The summed E-state index contributed by atoms with van der Waals surface area (Å²) in [5.41, 5.74) is 1.25. The van der Waals surface area contributed by atoms with Crippen LogP contribution >= 0.6 is 11.8 Å². The van der Waals surface area contributed by atoms with Crippen molar-refractivity contribution in [3.63, 3.8) is 0 Å². The molecule has 2 fully saturated rings. The smallest absolute Gasteiger partial charge is 0.222 e. The largest absolute Gasteiger partial charge is 0.356 e. The van der Waals surface area contributed by atoms with Gasteiger partial charge in [0.2, 0.25) is 5.91 Å². The van der Waals surface area contributed by atoms with Crippen molar-refractivity contribution in [1.29, 1.82) is 0 Å². The van der Waals surface area contributed by atoms with Gasteiger partial charge in [-0.3, -0.25) is 9.78 Å². The van der Waals surface area contributed by atoms with E-state index in [0.29, 0.717) is 13.0 Å². The average Bonchev–Trinajstić information content (AvgIpc) is 2.72. The first-order valence-corrected chi connectivity index (χ1v) is 10.7. The number of piperidine rings is 2. The highest BCUT2D eigenvalue weighted by Gasteiger charge is 2.42. The van der Waals surface area contributed by atoms with Crippen molar-refractivity contribution in [3.8, 4) is 0 Å². The Labute approximate surface area is 164 Å². The zero-order chi connectivity index (χ0) is 18.7. The zero-order valence-electron chi connectivity index (χ0n) is 15.7. The molecule has 27 heavy (non-hydrogen) atoms. The van der Waals surface area contributed by atoms with Gasteiger partial charge in [0, 0.05) is 56.6 Å². The van der Waals surface area contributed by atoms with Gasteiger partial charge in [0.05, 0.1) is 0 Å². The van der Waals surface area contributed by atoms with Crippen molar-refractivity contribution in [3.05, 3.63) is 42.4 Å². The number of amides is 1. The van der Waals surface area contributed by atoms with E-state index in [2.05, 4.69) is 19.9 Å². The number of thioether (sulfide) groups is 1. The van der Waals surface area contributed by atoms with Gasteiger partial charge in [0.15, 0.2) is 5.16 Å². The van der Waals surface area contributed by atoms with Gasteiger partial charge >= 0.3 is 0 Å². The van der Waals surface area contributed by atoms with E-state index in [1.807, 2.05) is 41.7 Å². The van der Waals surface area contributed by atoms with Crippen LogP contribution in [0.2, 0.25) is 0 Å². The predicted octanol–water partition coefficient (Wildman–Crippen LogP) is 3.00. The fourth-order valence-corrected chi connectivity index (χ4v) is 4.65. The molecule has 142 valence electrons. The summed E-state index contributed by atoms with van der Waals surface area (Å²) in [6.07, 6.45) is 11.4. The summed E-state index contributed by atoms with van der Waals surface area (Å²) in [6.45, 7) is 3.44. The third-order valence-corrected chi connectivity index (χ3v) is 6.19. The average molecular weight is 384 g/mol. The normalized spacial score (nSPS) is 23.1.